The van der Waals surface area contributed by atoms with Crippen molar-refractivity contribution in [2.75, 3.05) is 19.5 Å². The molecular formula is C19H24N2O4S. The Balaban J connectivity index is 1.97. The van der Waals surface area contributed by atoms with Gasteiger partial charge in [0.2, 0.25) is 5.91 Å². The van der Waals surface area contributed by atoms with Crippen LogP contribution in [0.3, 0.4) is 0 Å². The molecule has 1 N–H and O–H groups in total. The summed E-state index contributed by atoms with van der Waals surface area (Å²) in [5.41, 5.74) is 4.07. The van der Waals surface area contributed by atoms with E-state index in [0.717, 1.165) is 10.0 Å². The zero-order chi connectivity index (χ0) is 19.3. The third-order valence-electron chi connectivity index (χ3n) is 4.15. The van der Waals surface area contributed by atoms with E-state index in [1.165, 1.54) is 37.4 Å². The van der Waals surface area contributed by atoms with E-state index in [4.69, 9.17) is 4.84 Å². The van der Waals surface area contributed by atoms with Crippen molar-refractivity contribution in [3.63, 3.8) is 0 Å². The summed E-state index contributed by atoms with van der Waals surface area (Å²) in [5, 5.41) is 2.79. The number of nitrogens with one attached hydrogen (secondary N) is 1. The third-order valence-corrected chi connectivity index (χ3v) is 5.84. The first-order valence-corrected chi connectivity index (χ1v) is 9.67. The van der Waals surface area contributed by atoms with E-state index in [1.807, 2.05) is 26.0 Å². The van der Waals surface area contributed by atoms with Crippen molar-refractivity contribution in [2.24, 2.45) is 0 Å². The van der Waals surface area contributed by atoms with Crippen molar-refractivity contribution in [1.29, 1.82) is 0 Å². The summed E-state index contributed by atoms with van der Waals surface area (Å²) in [5.74, 6) is -0.116. The summed E-state index contributed by atoms with van der Waals surface area (Å²) in [7, 11) is -1.09. The number of sulfonamides is 1. The molecule has 0 radical (unpaired) electrons. The summed E-state index contributed by atoms with van der Waals surface area (Å²) in [4.78, 5) is 17.0. The molecule has 0 saturated heterocycles. The van der Waals surface area contributed by atoms with Crippen LogP contribution in [0.15, 0.2) is 47.4 Å². The number of hydrogen-bond acceptors (Lipinski definition) is 4. The van der Waals surface area contributed by atoms with E-state index in [1.54, 1.807) is 12.1 Å². The Morgan fingerprint density at radius 1 is 1.12 bits per heavy atom. The average molecular weight is 376 g/mol. The van der Waals surface area contributed by atoms with Crippen molar-refractivity contribution >= 4 is 21.6 Å². The van der Waals surface area contributed by atoms with Gasteiger partial charge in [-0.25, -0.2) is 8.42 Å². The van der Waals surface area contributed by atoms with E-state index in [9.17, 15) is 13.2 Å². The van der Waals surface area contributed by atoms with Crippen molar-refractivity contribution in [2.45, 2.75) is 31.6 Å². The van der Waals surface area contributed by atoms with Gasteiger partial charge in [0, 0.05) is 19.2 Å². The number of benzene rings is 2. The highest BCUT2D eigenvalue weighted by Gasteiger charge is 2.20. The maximum atomic E-state index is 12.1. The zero-order valence-corrected chi connectivity index (χ0v) is 16.3. The Hall–Kier alpha value is -2.22. The molecule has 1 amide bonds. The number of carbonyl (C=O) groups is 1. The molecule has 7 heteroatoms. The smallest absolute Gasteiger partial charge is 0.264 e. The van der Waals surface area contributed by atoms with Crippen LogP contribution >= 0.6 is 0 Å². The highest BCUT2D eigenvalue weighted by molar-refractivity contribution is 7.89. The SMILES string of the molecule is CON(C)S(=O)(=O)c1ccc(NC(=O)CCc2ccc(C)cc2C)cc1. The maximum Gasteiger partial charge on any atom is 0.264 e. The van der Waals surface area contributed by atoms with Gasteiger partial charge >= 0.3 is 0 Å². The van der Waals surface area contributed by atoms with Gasteiger partial charge in [-0.1, -0.05) is 28.2 Å². The summed E-state index contributed by atoms with van der Waals surface area (Å²) in [6.07, 6.45) is 1.01. The molecule has 0 unspecified atom stereocenters. The van der Waals surface area contributed by atoms with Crippen LogP contribution < -0.4 is 5.32 Å². The van der Waals surface area contributed by atoms with Crippen molar-refractivity contribution in [1.82, 2.24) is 4.47 Å². The third kappa shape index (κ3) is 4.91. The van der Waals surface area contributed by atoms with Crippen LogP contribution in [0.25, 0.3) is 0 Å². The fourth-order valence-corrected chi connectivity index (χ4v) is 3.53. The van der Waals surface area contributed by atoms with E-state index < -0.39 is 10.0 Å². The Labute approximate surface area is 154 Å². The number of carbonyl (C=O) groups excluding carboxylic acids is 1. The lowest BCUT2D eigenvalue weighted by molar-refractivity contribution is -0.116. The van der Waals surface area contributed by atoms with Crippen LogP contribution in [0.2, 0.25) is 0 Å². The predicted octanol–water partition coefficient (Wildman–Crippen LogP) is 3.06. The second-order valence-corrected chi connectivity index (χ2v) is 8.04. The van der Waals surface area contributed by atoms with Crippen molar-refractivity contribution in [3.8, 4) is 0 Å². The fraction of sp³-hybridized carbons (Fsp3) is 0.316. The predicted molar refractivity (Wildman–Crippen MR) is 101 cm³/mol. The molecule has 140 valence electrons. The maximum absolute atomic E-state index is 12.1. The highest BCUT2D eigenvalue weighted by atomic mass is 32.2. The van der Waals surface area contributed by atoms with E-state index in [2.05, 4.69) is 11.4 Å². The highest BCUT2D eigenvalue weighted by Crippen LogP contribution is 2.18. The molecule has 26 heavy (non-hydrogen) atoms. The molecule has 0 aliphatic rings. The van der Waals surface area contributed by atoms with Gasteiger partial charge in [0.15, 0.2) is 0 Å². The van der Waals surface area contributed by atoms with Gasteiger partial charge in [-0.3, -0.25) is 9.63 Å². The standard InChI is InChI=1S/C19H24N2O4S/c1-14-5-6-16(15(2)13-14)7-12-19(22)20-17-8-10-18(11-9-17)26(23,24)21(3)25-4/h5-6,8-11,13H,7,12H2,1-4H3,(H,20,22). The first-order chi connectivity index (χ1) is 12.2. The normalized spacial score (nSPS) is 11.6. The fourth-order valence-electron chi connectivity index (χ4n) is 2.55. The second-order valence-electron chi connectivity index (χ2n) is 6.10. The molecule has 2 aromatic rings. The molecule has 0 aliphatic heterocycles. The van der Waals surface area contributed by atoms with Gasteiger partial charge in [0.25, 0.3) is 10.0 Å². The van der Waals surface area contributed by atoms with Gasteiger partial charge < -0.3 is 5.32 Å². The molecule has 0 spiro atoms. The summed E-state index contributed by atoms with van der Waals surface area (Å²) in [6.45, 7) is 4.08. The van der Waals surface area contributed by atoms with Crippen molar-refractivity contribution < 1.29 is 18.0 Å². The van der Waals surface area contributed by atoms with Crippen LogP contribution in [-0.2, 0) is 26.1 Å². The number of hydrogen-bond donors (Lipinski definition) is 1. The van der Waals surface area contributed by atoms with Crippen molar-refractivity contribution in [3.05, 3.63) is 59.2 Å². The molecule has 0 bridgehead atoms. The van der Waals surface area contributed by atoms with E-state index in [0.29, 0.717) is 18.5 Å². The van der Waals surface area contributed by atoms with Crippen LogP contribution in [0.1, 0.15) is 23.1 Å². The molecule has 0 aliphatic carbocycles. The zero-order valence-electron chi connectivity index (χ0n) is 15.4. The number of rotatable bonds is 7. The molecule has 0 fully saturated rings. The minimum absolute atomic E-state index is 0.0927. The Morgan fingerprint density at radius 2 is 1.77 bits per heavy atom. The molecule has 0 heterocycles. The van der Waals surface area contributed by atoms with Crippen LogP contribution in [0.4, 0.5) is 5.69 Å². The molecule has 0 saturated carbocycles. The van der Waals surface area contributed by atoms with Crippen LogP contribution in [0.5, 0.6) is 0 Å². The van der Waals surface area contributed by atoms with Gasteiger partial charge in [0.1, 0.15) is 0 Å². The Kier molecular flexibility index (Phi) is 6.52. The number of aryl methyl sites for hydroxylation is 3. The lowest BCUT2D eigenvalue weighted by atomic mass is 10.0. The first kappa shape index (κ1) is 20.1. The minimum Gasteiger partial charge on any atom is -0.326 e. The van der Waals surface area contributed by atoms with E-state index in [-0.39, 0.29) is 10.8 Å². The number of anilines is 1. The van der Waals surface area contributed by atoms with Gasteiger partial charge in [-0.05, 0) is 55.7 Å². The largest absolute Gasteiger partial charge is 0.326 e. The summed E-state index contributed by atoms with van der Waals surface area (Å²) in [6, 6.07) is 12.2. The van der Waals surface area contributed by atoms with Gasteiger partial charge in [-0.15, -0.1) is 0 Å². The summed E-state index contributed by atoms with van der Waals surface area (Å²) < 4.78 is 25.0. The Morgan fingerprint density at radius 3 is 2.35 bits per heavy atom. The lowest BCUT2D eigenvalue weighted by Gasteiger charge is -2.14. The molecule has 2 aromatic carbocycles. The lowest BCUT2D eigenvalue weighted by Crippen LogP contribution is -2.25. The second kappa shape index (κ2) is 8.44. The molecule has 6 nitrogen and oxygen atoms in total. The Bertz CT molecular complexity index is 877. The minimum atomic E-state index is -3.69. The first-order valence-electron chi connectivity index (χ1n) is 8.23. The number of hydroxylamine groups is 1. The molecule has 0 aromatic heterocycles. The van der Waals surface area contributed by atoms with Gasteiger partial charge in [0.05, 0.1) is 12.0 Å². The van der Waals surface area contributed by atoms with Gasteiger partial charge in [-0.2, -0.15) is 0 Å². The molecular weight excluding hydrogens is 352 g/mol. The quantitative estimate of drug-likeness (QED) is 0.754. The van der Waals surface area contributed by atoms with Crippen LogP contribution in [-0.4, -0.2) is 33.0 Å². The average Bonchev–Trinajstić information content (AvgIpc) is 2.60. The monoisotopic (exact) mass is 376 g/mol. The van der Waals surface area contributed by atoms with E-state index >= 15 is 0 Å². The van der Waals surface area contributed by atoms with Crippen LogP contribution in [0, 0.1) is 13.8 Å². The molecule has 0 atom stereocenters. The summed E-state index contributed by atoms with van der Waals surface area (Å²) >= 11 is 0. The number of nitrogens with zero attached hydrogens (tertiary/aromatic N) is 1. The topological polar surface area (TPSA) is 75.7 Å². The molecule has 2 rings (SSSR count). The number of amides is 1.